The third kappa shape index (κ3) is 2.26. The van der Waals surface area contributed by atoms with Crippen LogP contribution in [0.4, 0.5) is 4.39 Å². The molecule has 0 N–H and O–H groups in total. The first-order valence-electron chi connectivity index (χ1n) is 4.95. The van der Waals surface area contributed by atoms with Crippen LogP contribution in [0.25, 0.3) is 0 Å². The SMILES string of the molecule is Cc1nc(C2CCCOC2)nc(Cl)c1F. The van der Waals surface area contributed by atoms with Gasteiger partial charge in [-0.15, -0.1) is 0 Å². The molecule has 1 unspecified atom stereocenters. The molecule has 1 aliphatic heterocycles. The Hall–Kier alpha value is -0.740. The van der Waals surface area contributed by atoms with Crippen molar-refractivity contribution in [2.75, 3.05) is 13.2 Å². The third-order valence-corrected chi connectivity index (χ3v) is 2.77. The summed E-state index contributed by atoms with van der Waals surface area (Å²) in [6.45, 7) is 2.97. The van der Waals surface area contributed by atoms with Gasteiger partial charge in [-0.1, -0.05) is 11.6 Å². The standard InChI is InChI=1S/C10H12ClFN2O/c1-6-8(12)9(11)14-10(13-6)7-3-2-4-15-5-7/h7H,2-5H2,1H3. The first-order valence-corrected chi connectivity index (χ1v) is 5.33. The smallest absolute Gasteiger partial charge is 0.181 e. The van der Waals surface area contributed by atoms with Gasteiger partial charge in [0.1, 0.15) is 5.82 Å². The van der Waals surface area contributed by atoms with E-state index in [2.05, 4.69) is 9.97 Å². The second kappa shape index (κ2) is 4.41. The molecule has 82 valence electrons. The summed E-state index contributed by atoms with van der Waals surface area (Å²) in [5.74, 6) is 0.214. The molecule has 0 aromatic carbocycles. The topological polar surface area (TPSA) is 35.0 Å². The molecule has 5 heteroatoms. The Labute approximate surface area is 92.6 Å². The normalized spacial score (nSPS) is 21.7. The van der Waals surface area contributed by atoms with E-state index in [1.165, 1.54) is 0 Å². The molecule has 1 saturated heterocycles. The molecule has 1 fully saturated rings. The van der Waals surface area contributed by atoms with Crippen molar-refractivity contribution in [1.29, 1.82) is 0 Å². The minimum Gasteiger partial charge on any atom is -0.381 e. The number of ether oxygens (including phenoxy) is 1. The molecule has 2 heterocycles. The van der Waals surface area contributed by atoms with Gasteiger partial charge in [-0.05, 0) is 19.8 Å². The van der Waals surface area contributed by atoms with Crippen LogP contribution >= 0.6 is 11.6 Å². The third-order valence-electron chi connectivity index (χ3n) is 2.52. The van der Waals surface area contributed by atoms with Crippen LogP contribution in [0.15, 0.2) is 0 Å². The molecule has 0 amide bonds. The summed E-state index contributed by atoms with van der Waals surface area (Å²) in [7, 11) is 0. The van der Waals surface area contributed by atoms with Crippen molar-refractivity contribution < 1.29 is 9.13 Å². The van der Waals surface area contributed by atoms with E-state index in [0.717, 1.165) is 19.4 Å². The van der Waals surface area contributed by atoms with Crippen molar-refractivity contribution in [3.05, 3.63) is 22.5 Å². The van der Waals surface area contributed by atoms with Crippen LogP contribution in [-0.4, -0.2) is 23.2 Å². The lowest BCUT2D eigenvalue weighted by atomic mass is 10.0. The lowest BCUT2D eigenvalue weighted by Gasteiger charge is -2.21. The number of halogens is 2. The largest absolute Gasteiger partial charge is 0.381 e. The van der Waals surface area contributed by atoms with Crippen LogP contribution in [0.3, 0.4) is 0 Å². The second-order valence-corrected chi connectivity index (χ2v) is 4.04. The van der Waals surface area contributed by atoms with Crippen molar-refractivity contribution in [2.24, 2.45) is 0 Å². The lowest BCUT2D eigenvalue weighted by Crippen LogP contribution is -2.18. The second-order valence-electron chi connectivity index (χ2n) is 3.69. The molecule has 3 nitrogen and oxygen atoms in total. The number of hydrogen-bond donors (Lipinski definition) is 0. The van der Waals surface area contributed by atoms with Crippen molar-refractivity contribution >= 4 is 11.6 Å². The summed E-state index contributed by atoms with van der Waals surface area (Å²) in [4.78, 5) is 8.06. The molecule has 15 heavy (non-hydrogen) atoms. The predicted octanol–water partition coefficient (Wildman–Crippen LogP) is 2.47. The van der Waals surface area contributed by atoms with E-state index >= 15 is 0 Å². The van der Waals surface area contributed by atoms with Gasteiger partial charge in [-0.25, -0.2) is 14.4 Å². The number of nitrogens with zero attached hydrogens (tertiary/aromatic N) is 2. The van der Waals surface area contributed by atoms with Gasteiger partial charge in [0.15, 0.2) is 11.0 Å². The summed E-state index contributed by atoms with van der Waals surface area (Å²) in [5, 5.41) is -0.0944. The van der Waals surface area contributed by atoms with Gasteiger partial charge in [0.25, 0.3) is 0 Å². The number of aromatic nitrogens is 2. The average Bonchev–Trinajstić information content (AvgIpc) is 2.26. The Balaban J connectivity index is 2.27. The maximum absolute atomic E-state index is 13.2. The maximum atomic E-state index is 13.2. The van der Waals surface area contributed by atoms with E-state index in [9.17, 15) is 4.39 Å². The molecule has 0 saturated carbocycles. The Bertz CT molecular complexity index is 343. The lowest BCUT2D eigenvalue weighted by molar-refractivity contribution is 0.0779. The zero-order valence-corrected chi connectivity index (χ0v) is 9.22. The molecule has 0 aliphatic carbocycles. The zero-order chi connectivity index (χ0) is 10.8. The van der Waals surface area contributed by atoms with E-state index in [1.807, 2.05) is 0 Å². The fraction of sp³-hybridized carbons (Fsp3) is 0.600. The van der Waals surface area contributed by atoms with Crippen LogP contribution in [0.1, 0.15) is 30.3 Å². The first-order chi connectivity index (χ1) is 7.18. The molecule has 1 aromatic heterocycles. The van der Waals surface area contributed by atoms with Crippen molar-refractivity contribution in [2.45, 2.75) is 25.7 Å². The number of hydrogen-bond acceptors (Lipinski definition) is 3. The Morgan fingerprint density at radius 2 is 2.27 bits per heavy atom. The van der Waals surface area contributed by atoms with Crippen LogP contribution in [-0.2, 0) is 4.74 Å². The predicted molar refractivity (Wildman–Crippen MR) is 54.5 cm³/mol. The molecular formula is C10H12ClFN2O. The highest BCUT2D eigenvalue weighted by molar-refractivity contribution is 6.29. The highest BCUT2D eigenvalue weighted by atomic mass is 35.5. The van der Waals surface area contributed by atoms with E-state index < -0.39 is 5.82 Å². The summed E-state index contributed by atoms with van der Waals surface area (Å²) in [6, 6.07) is 0. The summed E-state index contributed by atoms with van der Waals surface area (Å²) in [5.41, 5.74) is 0.301. The first kappa shape index (κ1) is 10.8. The van der Waals surface area contributed by atoms with E-state index in [0.29, 0.717) is 18.1 Å². The van der Waals surface area contributed by atoms with Crippen LogP contribution < -0.4 is 0 Å². The van der Waals surface area contributed by atoms with Gasteiger partial charge in [-0.2, -0.15) is 0 Å². The van der Waals surface area contributed by atoms with Gasteiger partial charge in [0.05, 0.1) is 12.3 Å². The van der Waals surface area contributed by atoms with Gasteiger partial charge in [0.2, 0.25) is 0 Å². The van der Waals surface area contributed by atoms with Crippen molar-refractivity contribution in [3.8, 4) is 0 Å². The fourth-order valence-corrected chi connectivity index (χ4v) is 1.90. The molecule has 0 spiro atoms. The molecular weight excluding hydrogens is 219 g/mol. The minimum atomic E-state index is -0.530. The van der Waals surface area contributed by atoms with Gasteiger partial charge in [0, 0.05) is 12.5 Å². The molecule has 1 atom stereocenters. The van der Waals surface area contributed by atoms with Crippen LogP contribution in [0.2, 0.25) is 5.15 Å². The quantitative estimate of drug-likeness (QED) is 0.696. The molecule has 1 aliphatic rings. The molecule has 2 rings (SSSR count). The Morgan fingerprint density at radius 1 is 1.47 bits per heavy atom. The van der Waals surface area contributed by atoms with Crippen molar-refractivity contribution in [3.63, 3.8) is 0 Å². The highest BCUT2D eigenvalue weighted by Crippen LogP contribution is 2.25. The van der Waals surface area contributed by atoms with Gasteiger partial charge >= 0.3 is 0 Å². The summed E-state index contributed by atoms with van der Waals surface area (Å²) >= 11 is 5.67. The van der Waals surface area contributed by atoms with E-state index in [4.69, 9.17) is 16.3 Å². The number of aryl methyl sites for hydroxylation is 1. The average molecular weight is 231 g/mol. The Kier molecular flexibility index (Phi) is 3.17. The van der Waals surface area contributed by atoms with E-state index in [-0.39, 0.29) is 11.1 Å². The van der Waals surface area contributed by atoms with Crippen molar-refractivity contribution in [1.82, 2.24) is 9.97 Å². The van der Waals surface area contributed by atoms with E-state index in [1.54, 1.807) is 6.92 Å². The van der Waals surface area contributed by atoms with Crippen LogP contribution in [0.5, 0.6) is 0 Å². The highest BCUT2D eigenvalue weighted by Gasteiger charge is 2.21. The minimum absolute atomic E-state index is 0.0944. The molecule has 0 radical (unpaired) electrons. The summed E-state index contributed by atoms with van der Waals surface area (Å²) in [6.07, 6.45) is 1.96. The van der Waals surface area contributed by atoms with Gasteiger partial charge < -0.3 is 4.74 Å². The van der Waals surface area contributed by atoms with Gasteiger partial charge in [-0.3, -0.25) is 0 Å². The number of rotatable bonds is 1. The maximum Gasteiger partial charge on any atom is 0.181 e. The molecule has 1 aromatic rings. The zero-order valence-electron chi connectivity index (χ0n) is 8.46. The fourth-order valence-electron chi connectivity index (χ4n) is 1.67. The molecule has 0 bridgehead atoms. The summed E-state index contributed by atoms with van der Waals surface area (Å²) < 4.78 is 18.5. The Morgan fingerprint density at radius 3 is 2.87 bits per heavy atom. The monoisotopic (exact) mass is 230 g/mol. The van der Waals surface area contributed by atoms with Crippen LogP contribution in [0, 0.1) is 12.7 Å².